The zero-order chi connectivity index (χ0) is 20.8. The summed E-state index contributed by atoms with van der Waals surface area (Å²) in [5.41, 5.74) is 1.95. The van der Waals surface area contributed by atoms with E-state index in [0.29, 0.717) is 23.6 Å². The molecular formula is C21H17N3O4S2. The van der Waals surface area contributed by atoms with E-state index >= 15 is 0 Å². The van der Waals surface area contributed by atoms with Crippen molar-refractivity contribution in [3.8, 4) is 17.4 Å². The van der Waals surface area contributed by atoms with Gasteiger partial charge < -0.3 is 14.6 Å². The van der Waals surface area contributed by atoms with Gasteiger partial charge in [0.05, 0.1) is 11.4 Å². The zero-order valence-corrected chi connectivity index (χ0v) is 17.5. The molecule has 152 valence electrons. The third kappa shape index (κ3) is 3.20. The molecule has 0 amide bonds. The number of H-pyrrole nitrogens is 1. The SMILES string of the molecule is Cn1c(O)c(C2=Nc3ccccc3S[C@@H](c3ccc4c(c3)OCO4)C2)c(=O)[nH]c1=S. The molecule has 0 spiro atoms. The Morgan fingerprint density at radius 3 is 2.90 bits per heavy atom. The molecule has 2 aliphatic rings. The smallest absolute Gasteiger partial charge is 0.264 e. The van der Waals surface area contributed by atoms with Crippen LogP contribution in [0, 0.1) is 4.77 Å². The number of benzene rings is 2. The Labute approximate surface area is 181 Å². The van der Waals surface area contributed by atoms with Crippen molar-refractivity contribution in [2.75, 3.05) is 6.79 Å². The van der Waals surface area contributed by atoms with Gasteiger partial charge in [-0.1, -0.05) is 18.2 Å². The minimum Gasteiger partial charge on any atom is -0.494 e. The number of hydrogen-bond donors (Lipinski definition) is 2. The molecule has 0 aliphatic carbocycles. The van der Waals surface area contributed by atoms with E-state index < -0.39 is 5.56 Å². The molecule has 0 radical (unpaired) electrons. The predicted octanol–water partition coefficient (Wildman–Crippen LogP) is 4.24. The van der Waals surface area contributed by atoms with Gasteiger partial charge in [-0.15, -0.1) is 11.8 Å². The van der Waals surface area contributed by atoms with E-state index in [1.165, 1.54) is 4.57 Å². The number of aliphatic imine (C=N–C) groups is 1. The monoisotopic (exact) mass is 439 g/mol. The fourth-order valence-corrected chi connectivity index (χ4v) is 4.94. The summed E-state index contributed by atoms with van der Waals surface area (Å²) in [7, 11) is 1.60. The number of nitrogens with zero attached hydrogens (tertiary/aromatic N) is 2. The second kappa shape index (κ2) is 7.33. The highest BCUT2D eigenvalue weighted by Crippen LogP contribution is 2.47. The Balaban J connectivity index is 1.66. The highest BCUT2D eigenvalue weighted by atomic mass is 32.2. The molecule has 0 saturated carbocycles. The van der Waals surface area contributed by atoms with Gasteiger partial charge in [-0.05, 0) is 42.0 Å². The third-order valence-electron chi connectivity index (χ3n) is 5.12. The van der Waals surface area contributed by atoms with Gasteiger partial charge in [-0.25, -0.2) is 0 Å². The second-order valence-electron chi connectivity index (χ2n) is 6.97. The average Bonchev–Trinajstić information content (AvgIpc) is 3.12. The summed E-state index contributed by atoms with van der Waals surface area (Å²) >= 11 is 6.76. The van der Waals surface area contributed by atoms with Crippen molar-refractivity contribution in [2.24, 2.45) is 12.0 Å². The fourth-order valence-electron chi connectivity index (χ4n) is 3.54. The van der Waals surface area contributed by atoms with Gasteiger partial charge in [0, 0.05) is 23.6 Å². The summed E-state index contributed by atoms with van der Waals surface area (Å²) in [6.45, 7) is 0.208. The fraction of sp³-hybridized carbons (Fsp3) is 0.190. The number of para-hydroxylation sites is 1. The molecule has 0 saturated heterocycles. The molecular weight excluding hydrogens is 422 g/mol. The van der Waals surface area contributed by atoms with Crippen molar-refractivity contribution >= 4 is 35.4 Å². The quantitative estimate of drug-likeness (QED) is 0.581. The molecule has 3 aromatic rings. The summed E-state index contributed by atoms with van der Waals surface area (Å²) in [5.74, 6) is 1.22. The molecule has 7 nitrogen and oxygen atoms in total. The minimum absolute atomic E-state index is 0.0471. The van der Waals surface area contributed by atoms with Crippen LogP contribution in [0.25, 0.3) is 0 Å². The molecule has 2 aliphatic heterocycles. The number of aromatic nitrogens is 2. The topological polar surface area (TPSA) is 88.8 Å². The zero-order valence-electron chi connectivity index (χ0n) is 15.9. The van der Waals surface area contributed by atoms with E-state index in [1.807, 2.05) is 42.5 Å². The summed E-state index contributed by atoms with van der Waals surface area (Å²) in [4.78, 5) is 21.1. The Hall–Kier alpha value is -3.04. The van der Waals surface area contributed by atoms with Crippen molar-refractivity contribution in [1.82, 2.24) is 9.55 Å². The first-order valence-electron chi connectivity index (χ1n) is 9.26. The Kier molecular flexibility index (Phi) is 4.63. The van der Waals surface area contributed by atoms with E-state index in [1.54, 1.807) is 18.8 Å². The first kappa shape index (κ1) is 19.0. The van der Waals surface area contributed by atoms with Crippen molar-refractivity contribution in [3.05, 3.63) is 68.7 Å². The van der Waals surface area contributed by atoms with Crippen LogP contribution in [-0.4, -0.2) is 27.2 Å². The van der Waals surface area contributed by atoms with Crippen LogP contribution in [0.3, 0.4) is 0 Å². The van der Waals surface area contributed by atoms with Crippen LogP contribution in [0.4, 0.5) is 5.69 Å². The maximum absolute atomic E-state index is 12.7. The molecule has 0 fully saturated rings. The Bertz CT molecular complexity index is 1310. The number of ether oxygens (including phenoxy) is 2. The third-order valence-corrected chi connectivity index (χ3v) is 6.82. The first-order chi connectivity index (χ1) is 14.5. The molecule has 0 unspecified atom stereocenters. The molecule has 2 N–H and O–H groups in total. The highest BCUT2D eigenvalue weighted by Gasteiger charge is 2.27. The number of aromatic hydroxyl groups is 1. The van der Waals surface area contributed by atoms with E-state index in [-0.39, 0.29) is 28.3 Å². The van der Waals surface area contributed by atoms with Crippen LogP contribution in [0.1, 0.15) is 22.8 Å². The molecule has 30 heavy (non-hydrogen) atoms. The summed E-state index contributed by atoms with van der Waals surface area (Å²) in [5, 5.41) is 10.6. The lowest BCUT2D eigenvalue weighted by Gasteiger charge is -2.17. The van der Waals surface area contributed by atoms with Gasteiger partial charge in [-0.2, -0.15) is 0 Å². The van der Waals surface area contributed by atoms with Gasteiger partial charge in [0.15, 0.2) is 16.3 Å². The maximum atomic E-state index is 12.7. The van der Waals surface area contributed by atoms with Crippen LogP contribution in [0.5, 0.6) is 17.4 Å². The van der Waals surface area contributed by atoms with Crippen LogP contribution < -0.4 is 15.0 Å². The second-order valence-corrected chi connectivity index (χ2v) is 8.60. The van der Waals surface area contributed by atoms with Gasteiger partial charge in [0.25, 0.3) is 5.56 Å². The van der Waals surface area contributed by atoms with E-state index in [4.69, 9.17) is 26.7 Å². The van der Waals surface area contributed by atoms with Gasteiger partial charge in [0.1, 0.15) is 5.56 Å². The van der Waals surface area contributed by atoms with Crippen LogP contribution in [-0.2, 0) is 7.05 Å². The molecule has 1 atom stereocenters. The standard InChI is InChI=1S/C21H17N3O4S2/c1-24-20(26)18(19(25)23-21(24)29)13-9-17(30-16-5-3-2-4-12(16)22-13)11-6-7-14-15(8-11)28-10-27-14/h2-8,17,26H,9-10H2,1H3,(H,23,25,29)/t17-/m1/s1. The van der Waals surface area contributed by atoms with Crippen molar-refractivity contribution in [3.63, 3.8) is 0 Å². The largest absolute Gasteiger partial charge is 0.494 e. The number of rotatable bonds is 2. The van der Waals surface area contributed by atoms with Crippen LogP contribution >= 0.6 is 24.0 Å². The van der Waals surface area contributed by atoms with Crippen LogP contribution in [0.15, 0.2) is 57.1 Å². The molecule has 9 heteroatoms. The number of thioether (sulfide) groups is 1. The lowest BCUT2D eigenvalue weighted by molar-refractivity contribution is 0.174. The summed E-state index contributed by atoms with van der Waals surface area (Å²) < 4.78 is 12.5. The number of fused-ring (bicyclic) bond motifs is 2. The highest BCUT2D eigenvalue weighted by molar-refractivity contribution is 7.99. The van der Waals surface area contributed by atoms with Gasteiger partial charge >= 0.3 is 0 Å². The minimum atomic E-state index is -0.455. The molecule has 1 aromatic heterocycles. The number of aromatic amines is 1. The predicted molar refractivity (Wildman–Crippen MR) is 117 cm³/mol. The molecule has 5 rings (SSSR count). The van der Waals surface area contributed by atoms with Crippen molar-refractivity contribution in [2.45, 2.75) is 16.6 Å². The van der Waals surface area contributed by atoms with Gasteiger partial charge in [0.2, 0.25) is 12.7 Å². The van der Waals surface area contributed by atoms with Crippen molar-refractivity contribution < 1.29 is 14.6 Å². The lowest BCUT2D eigenvalue weighted by Crippen LogP contribution is -2.23. The van der Waals surface area contributed by atoms with Gasteiger partial charge in [-0.3, -0.25) is 19.3 Å². The summed E-state index contributed by atoms with van der Waals surface area (Å²) in [6.07, 6.45) is 0.437. The van der Waals surface area contributed by atoms with E-state index in [9.17, 15) is 9.90 Å². The number of hydrogen-bond acceptors (Lipinski definition) is 7. The maximum Gasteiger partial charge on any atom is 0.264 e. The normalized spacial score (nSPS) is 17.2. The molecule has 3 heterocycles. The Morgan fingerprint density at radius 1 is 1.23 bits per heavy atom. The molecule has 0 bridgehead atoms. The first-order valence-corrected chi connectivity index (χ1v) is 10.6. The average molecular weight is 440 g/mol. The summed E-state index contributed by atoms with van der Waals surface area (Å²) in [6, 6.07) is 13.6. The van der Waals surface area contributed by atoms with E-state index in [2.05, 4.69) is 4.98 Å². The molecule has 2 aromatic carbocycles. The lowest BCUT2D eigenvalue weighted by atomic mass is 10.0. The van der Waals surface area contributed by atoms with E-state index in [0.717, 1.165) is 16.1 Å². The van der Waals surface area contributed by atoms with Crippen molar-refractivity contribution in [1.29, 1.82) is 0 Å². The Morgan fingerprint density at radius 2 is 2.03 bits per heavy atom. The number of nitrogens with one attached hydrogen (secondary N) is 1. The van der Waals surface area contributed by atoms with Crippen LogP contribution in [0.2, 0.25) is 0 Å².